The minimum Gasteiger partial charge on any atom is -0.497 e. The Hall–Kier alpha value is -1.51. The van der Waals surface area contributed by atoms with Crippen molar-refractivity contribution < 1.29 is 4.74 Å². The van der Waals surface area contributed by atoms with Crippen LogP contribution in [-0.4, -0.2) is 12.8 Å². The van der Waals surface area contributed by atoms with Gasteiger partial charge in [-0.2, -0.15) is 5.10 Å². The number of methoxy groups -OCH3 is 1. The highest BCUT2D eigenvalue weighted by Crippen LogP contribution is 2.33. The van der Waals surface area contributed by atoms with Gasteiger partial charge < -0.3 is 10.6 Å². The number of hydrogen-bond acceptors (Lipinski definition) is 3. The van der Waals surface area contributed by atoms with Gasteiger partial charge in [0.25, 0.3) is 0 Å². The van der Waals surface area contributed by atoms with Crippen LogP contribution < -0.4 is 10.6 Å². The van der Waals surface area contributed by atoms with E-state index in [-0.39, 0.29) is 0 Å². The quantitative estimate of drug-likeness (QED) is 0.448. The Morgan fingerprint density at radius 3 is 2.43 bits per heavy atom. The second-order valence-electron chi connectivity index (χ2n) is 3.52. The topological polar surface area (TPSA) is 47.6 Å². The summed E-state index contributed by atoms with van der Waals surface area (Å²) in [6, 6.07) is 7.87. The Labute approximate surface area is 83.6 Å². The average Bonchev–Trinajstić information content (AvgIpc) is 3.04. The van der Waals surface area contributed by atoms with Crippen LogP contribution in [0.3, 0.4) is 0 Å². The van der Waals surface area contributed by atoms with E-state index < -0.39 is 0 Å². The van der Waals surface area contributed by atoms with Crippen LogP contribution in [-0.2, 0) is 0 Å². The molecule has 3 heteroatoms. The zero-order valence-corrected chi connectivity index (χ0v) is 8.23. The molecule has 0 spiro atoms. The molecule has 1 saturated carbocycles. The van der Waals surface area contributed by atoms with Crippen molar-refractivity contribution in [2.45, 2.75) is 12.8 Å². The van der Waals surface area contributed by atoms with Crippen LogP contribution in [0.25, 0.3) is 0 Å². The largest absolute Gasteiger partial charge is 0.497 e. The van der Waals surface area contributed by atoms with Crippen molar-refractivity contribution in [2.24, 2.45) is 16.9 Å². The van der Waals surface area contributed by atoms with E-state index in [1.807, 2.05) is 24.3 Å². The Balaban J connectivity index is 2.22. The molecule has 0 aromatic heterocycles. The first-order valence-electron chi connectivity index (χ1n) is 4.77. The van der Waals surface area contributed by atoms with Crippen molar-refractivity contribution >= 4 is 5.71 Å². The van der Waals surface area contributed by atoms with Gasteiger partial charge in [-0.3, -0.25) is 0 Å². The Morgan fingerprint density at radius 2 is 2.00 bits per heavy atom. The van der Waals surface area contributed by atoms with Gasteiger partial charge in [0, 0.05) is 5.92 Å². The summed E-state index contributed by atoms with van der Waals surface area (Å²) in [7, 11) is 1.66. The number of benzene rings is 1. The van der Waals surface area contributed by atoms with Crippen molar-refractivity contribution in [3.63, 3.8) is 0 Å². The molecule has 14 heavy (non-hydrogen) atoms. The van der Waals surface area contributed by atoms with E-state index in [4.69, 9.17) is 10.6 Å². The standard InChI is InChI=1S/C11H14N2O/c1-14-10-6-4-9(5-7-10)11(13-12)8-2-3-8/h4-8H,2-3,12H2,1H3. The Kier molecular flexibility index (Phi) is 2.39. The molecule has 0 radical (unpaired) electrons. The monoisotopic (exact) mass is 190 g/mol. The molecular weight excluding hydrogens is 176 g/mol. The third-order valence-corrected chi connectivity index (χ3v) is 2.49. The van der Waals surface area contributed by atoms with Gasteiger partial charge in [-0.15, -0.1) is 0 Å². The lowest BCUT2D eigenvalue weighted by Gasteiger charge is -2.04. The van der Waals surface area contributed by atoms with Gasteiger partial charge in [-0.1, -0.05) is 0 Å². The molecule has 0 atom stereocenters. The number of nitrogens with zero attached hydrogens (tertiary/aromatic N) is 1. The summed E-state index contributed by atoms with van der Waals surface area (Å²) < 4.78 is 5.09. The fourth-order valence-electron chi connectivity index (χ4n) is 1.53. The number of ether oxygens (including phenoxy) is 1. The van der Waals surface area contributed by atoms with E-state index in [2.05, 4.69) is 5.10 Å². The zero-order valence-electron chi connectivity index (χ0n) is 8.23. The Bertz CT molecular complexity index is 339. The number of nitrogens with two attached hydrogens (primary N) is 1. The van der Waals surface area contributed by atoms with Crippen LogP contribution in [0.4, 0.5) is 0 Å². The predicted molar refractivity (Wildman–Crippen MR) is 56.4 cm³/mol. The maximum atomic E-state index is 5.37. The molecule has 74 valence electrons. The molecule has 1 fully saturated rings. The molecule has 1 aliphatic carbocycles. The summed E-state index contributed by atoms with van der Waals surface area (Å²) in [6.45, 7) is 0. The summed E-state index contributed by atoms with van der Waals surface area (Å²) in [6.07, 6.45) is 2.42. The third-order valence-electron chi connectivity index (χ3n) is 2.49. The summed E-state index contributed by atoms with van der Waals surface area (Å²) in [4.78, 5) is 0. The molecule has 0 amide bonds. The number of hydrazone groups is 1. The van der Waals surface area contributed by atoms with Crippen LogP contribution in [0, 0.1) is 5.92 Å². The normalized spacial score (nSPS) is 16.8. The highest BCUT2D eigenvalue weighted by molar-refractivity contribution is 6.03. The fourth-order valence-corrected chi connectivity index (χ4v) is 1.53. The summed E-state index contributed by atoms with van der Waals surface area (Å²) in [5.41, 5.74) is 2.13. The highest BCUT2D eigenvalue weighted by atomic mass is 16.5. The van der Waals surface area contributed by atoms with Crippen LogP contribution in [0.5, 0.6) is 5.75 Å². The lowest BCUT2D eigenvalue weighted by Crippen LogP contribution is -2.06. The third kappa shape index (κ3) is 1.71. The van der Waals surface area contributed by atoms with E-state index in [0.717, 1.165) is 17.0 Å². The van der Waals surface area contributed by atoms with Gasteiger partial charge in [0.1, 0.15) is 5.75 Å². The predicted octanol–water partition coefficient (Wildman–Crippen LogP) is 1.77. The summed E-state index contributed by atoms with van der Waals surface area (Å²) in [5, 5.41) is 3.85. The minimum absolute atomic E-state index is 0.577. The molecule has 1 aliphatic rings. The van der Waals surface area contributed by atoms with Crippen molar-refractivity contribution in [3.8, 4) is 5.75 Å². The molecule has 2 rings (SSSR count). The molecule has 0 bridgehead atoms. The van der Waals surface area contributed by atoms with E-state index in [0.29, 0.717) is 5.92 Å². The first-order chi connectivity index (χ1) is 6.85. The first-order valence-corrected chi connectivity index (χ1v) is 4.77. The molecule has 0 heterocycles. The molecule has 1 aromatic carbocycles. The van der Waals surface area contributed by atoms with Crippen LogP contribution in [0.2, 0.25) is 0 Å². The van der Waals surface area contributed by atoms with E-state index in [1.54, 1.807) is 7.11 Å². The van der Waals surface area contributed by atoms with Crippen LogP contribution in [0.15, 0.2) is 29.4 Å². The van der Waals surface area contributed by atoms with Gasteiger partial charge in [0.05, 0.1) is 12.8 Å². The van der Waals surface area contributed by atoms with E-state index in [9.17, 15) is 0 Å². The molecule has 0 aliphatic heterocycles. The zero-order chi connectivity index (χ0) is 9.97. The Morgan fingerprint density at radius 1 is 1.36 bits per heavy atom. The lowest BCUT2D eigenvalue weighted by atomic mass is 10.1. The second-order valence-corrected chi connectivity index (χ2v) is 3.52. The number of hydrogen-bond donors (Lipinski definition) is 1. The van der Waals surface area contributed by atoms with E-state index in [1.165, 1.54) is 12.8 Å². The van der Waals surface area contributed by atoms with Crippen LogP contribution >= 0.6 is 0 Å². The second kappa shape index (κ2) is 3.70. The summed E-state index contributed by atoms with van der Waals surface area (Å²) in [5.74, 6) is 6.81. The lowest BCUT2D eigenvalue weighted by molar-refractivity contribution is 0.415. The van der Waals surface area contributed by atoms with Gasteiger partial charge in [0.15, 0.2) is 0 Å². The first kappa shape index (κ1) is 9.06. The molecule has 0 unspecified atom stereocenters. The number of rotatable bonds is 3. The molecule has 2 N–H and O–H groups in total. The molecule has 1 aromatic rings. The van der Waals surface area contributed by atoms with Gasteiger partial charge in [-0.25, -0.2) is 0 Å². The fraction of sp³-hybridized carbons (Fsp3) is 0.364. The van der Waals surface area contributed by atoms with Crippen LogP contribution in [0.1, 0.15) is 18.4 Å². The maximum absolute atomic E-state index is 5.37. The van der Waals surface area contributed by atoms with E-state index >= 15 is 0 Å². The van der Waals surface area contributed by atoms with Crippen molar-refractivity contribution in [2.75, 3.05) is 7.11 Å². The average molecular weight is 190 g/mol. The highest BCUT2D eigenvalue weighted by Gasteiger charge is 2.28. The molecule has 0 saturated heterocycles. The molecule has 3 nitrogen and oxygen atoms in total. The minimum atomic E-state index is 0.577. The van der Waals surface area contributed by atoms with Gasteiger partial charge in [0.2, 0.25) is 0 Å². The molecular formula is C11H14N2O. The van der Waals surface area contributed by atoms with Crippen molar-refractivity contribution in [3.05, 3.63) is 29.8 Å². The van der Waals surface area contributed by atoms with Gasteiger partial charge >= 0.3 is 0 Å². The smallest absolute Gasteiger partial charge is 0.118 e. The summed E-state index contributed by atoms with van der Waals surface area (Å²) >= 11 is 0. The van der Waals surface area contributed by atoms with Gasteiger partial charge in [-0.05, 0) is 42.7 Å². The van der Waals surface area contributed by atoms with Crippen molar-refractivity contribution in [1.82, 2.24) is 0 Å². The SMILES string of the molecule is COc1ccc(C(=NN)C2CC2)cc1. The maximum Gasteiger partial charge on any atom is 0.118 e. The van der Waals surface area contributed by atoms with Crippen molar-refractivity contribution in [1.29, 1.82) is 0 Å².